The number of fused-ring (bicyclic) bond motifs is 1. The Morgan fingerprint density at radius 1 is 1.40 bits per heavy atom. The summed E-state index contributed by atoms with van der Waals surface area (Å²) in [5.74, 6) is 0.798. The van der Waals surface area contributed by atoms with Crippen LogP contribution in [0.5, 0.6) is 5.75 Å². The molecule has 0 amide bonds. The van der Waals surface area contributed by atoms with Crippen LogP contribution in [0.3, 0.4) is 0 Å². The molecule has 0 saturated heterocycles. The topological polar surface area (TPSA) is 34.4 Å². The maximum Gasteiger partial charge on any atom is 0.176 e. The Kier molecular flexibility index (Phi) is 2.64. The molecule has 2 aromatic rings. The van der Waals surface area contributed by atoms with E-state index in [-0.39, 0.29) is 0 Å². The third-order valence-electron chi connectivity index (χ3n) is 2.45. The fourth-order valence-corrected chi connectivity index (χ4v) is 1.77. The van der Waals surface area contributed by atoms with Crippen molar-refractivity contribution < 1.29 is 9.15 Å². The molecule has 0 aliphatic rings. The highest BCUT2D eigenvalue weighted by Crippen LogP contribution is 2.31. The Morgan fingerprint density at radius 2 is 2.20 bits per heavy atom. The maximum atomic E-state index is 5.51. The second-order valence-corrected chi connectivity index (χ2v) is 3.64. The van der Waals surface area contributed by atoms with Crippen LogP contribution in [0.4, 0.5) is 0 Å². The second-order valence-electron chi connectivity index (χ2n) is 3.64. The molecule has 0 saturated carbocycles. The molecule has 3 nitrogen and oxygen atoms in total. The fraction of sp³-hybridized carbons (Fsp3) is 0.333. The number of furan rings is 1. The minimum atomic E-state index is 0.798. The van der Waals surface area contributed by atoms with Crippen molar-refractivity contribution in [1.82, 2.24) is 5.32 Å². The first kappa shape index (κ1) is 10.1. The predicted molar refractivity (Wildman–Crippen MR) is 60.3 cm³/mol. The Bertz CT molecular complexity index is 474. The first-order valence-corrected chi connectivity index (χ1v) is 4.95. The lowest BCUT2D eigenvalue weighted by Crippen LogP contribution is -2.04. The summed E-state index contributed by atoms with van der Waals surface area (Å²) in [4.78, 5) is 0. The molecule has 80 valence electrons. The average molecular weight is 205 g/mol. The smallest absolute Gasteiger partial charge is 0.176 e. The quantitative estimate of drug-likeness (QED) is 0.835. The van der Waals surface area contributed by atoms with E-state index in [0.29, 0.717) is 0 Å². The summed E-state index contributed by atoms with van der Waals surface area (Å²) in [5.41, 5.74) is 3.17. The van der Waals surface area contributed by atoms with Crippen LogP contribution < -0.4 is 10.1 Å². The summed E-state index contributed by atoms with van der Waals surface area (Å²) in [6, 6.07) is 4.10. The fourth-order valence-electron chi connectivity index (χ4n) is 1.77. The molecule has 0 aliphatic heterocycles. The van der Waals surface area contributed by atoms with E-state index in [0.717, 1.165) is 28.8 Å². The highest BCUT2D eigenvalue weighted by atomic mass is 16.5. The Hall–Kier alpha value is -1.48. The predicted octanol–water partition coefficient (Wildman–Crippen LogP) is 2.47. The van der Waals surface area contributed by atoms with Crippen molar-refractivity contribution in [3.8, 4) is 5.75 Å². The van der Waals surface area contributed by atoms with E-state index in [1.807, 2.05) is 13.1 Å². The standard InChI is InChI=1S/C12H15NO2/c1-8-4-10-9(6-13-2)7-15-12(10)11(5-8)14-3/h4-5,7,13H,6H2,1-3H3. The molecule has 1 N–H and O–H groups in total. The van der Waals surface area contributed by atoms with E-state index >= 15 is 0 Å². The molecule has 0 radical (unpaired) electrons. The van der Waals surface area contributed by atoms with Gasteiger partial charge in [0.2, 0.25) is 0 Å². The van der Waals surface area contributed by atoms with Crippen LogP contribution in [0.25, 0.3) is 11.0 Å². The van der Waals surface area contributed by atoms with Crippen molar-refractivity contribution in [2.75, 3.05) is 14.2 Å². The third kappa shape index (κ3) is 1.70. The molecule has 1 heterocycles. The largest absolute Gasteiger partial charge is 0.493 e. The number of rotatable bonds is 3. The van der Waals surface area contributed by atoms with Gasteiger partial charge in [0.05, 0.1) is 13.4 Å². The summed E-state index contributed by atoms with van der Waals surface area (Å²) in [7, 11) is 3.58. The molecule has 1 aromatic heterocycles. The molecule has 0 atom stereocenters. The number of benzene rings is 1. The average Bonchev–Trinajstić information content (AvgIpc) is 2.61. The van der Waals surface area contributed by atoms with Crippen molar-refractivity contribution in [1.29, 1.82) is 0 Å². The van der Waals surface area contributed by atoms with Gasteiger partial charge < -0.3 is 14.5 Å². The zero-order chi connectivity index (χ0) is 10.8. The third-order valence-corrected chi connectivity index (χ3v) is 2.45. The number of hydrogen-bond acceptors (Lipinski definition) is 3. The van der Waals surface area contributed by atoms with Crippen molar-refractivity contribution >= 4 is 11.0 Å². The molecule has 2 rings (SSSR count). The second kappa shape index (κ2) is 3.95. The molecule has 3 heteroatoms. The summed E-state index contributed by atoms with van der Waals surface area (Å²) in [6.45, 7) is 2.86. The Labute approximate surface area is 89.0 Å². The van der Waals surface area contributed by atoms with Gasteiger partial charge in [-0.1, -0.05) is 0 Å². The van der Waals surface area contributed by atoms with Crippen LogP contribution in [-0.2, 0) is 6.54 Å². The molecule has 0 bridgehead atoms. The number of hydrogen-bond donors (Lipinski definition) is 1. The molecule has 1 aromatic carbocycles. The van der Waals surface area contributed by atoms with Gasteiger partial charge in [-0.05, 0) is 31.7 Å². The minimum absolute atomic E-state index is 0.798. The van der Waals surface area contributed by atoms with Crippen LogP contribution in [0.1, 0.15) is 11.1 Å². The lowest BCUT2D eigenvalue weighted by molar-refractivity contribution is 0.410. The van der Waals surface area contributed by atoms with E-state index in [4.69, 9.17) is 9.15 Å². The van der Waals surface area contributed by atoms with Gasteiger partial charge in [0.1, 0.15) is 0 Å². The minimum Gasteiger partial charge on any atom is -0.493 e. The van der Waals surface area contributed by atoms with Gasteiger partial charge in [-0.2, -0.15) is 0 Å². The van der Waals surface area contributed by atoms with Crippen LogP contribution >= 0.6 is 0 Å². The van der Waals surface area contributed by atoms with Gasteiger partial charge in [0.15, 0.2) is 11.3 Å². The van der Waals surface area contributed by atoms with Crippen molar-refractivity contribution in [3.05, 3.63) is 29.5 Å². The zero-order valence-electron chi connectivity index (χ0n) is 9.26. The van der Waals surface area contributed by atoms with Gasteiger partial charge >= 0.3 is 0 Å². The van der Waals surface area contributed by atoms with Gasteiger partial charge in [-0.3, -0.25) is 0 Å². The summed E-state index contributed by atoms with van der Waals surface area (Å²) >= 11 is 0. The summed E-state index contributed by atoms with van der Waals surface area (Å²) in [5, 5.41) is 4.24. The molecule has 0 unspecified atom stereocenters. The van der Waals surface area contributed by atoms with E-state index in [1.165, 1.54) is 5.56 Å². The number of aryl methyl sites for hydroxylation is 1. The summed E-state index contributed by atoms with van der Waals surface area (Å²) < 4.78 is 10.8. The van der Waals surface area contributed by atoms with E-state index in [1.54, 1.807) is 13.4 Å². The van der Waals surface area contributed by atoms with Crippen LogP contribution in [0.2, 0.25) is 0 Å². The lowest BCUT2D eigenvalue weighted by Gasteiger charge is -2.03. The highest BCUT2D eigenvalue weighted by molar-refractivity contribution is 5.87. The van der Waals surface area contributed by atoms with Crippen LogP contribution in [0.15, 0.2) is 22.8 Å². The van der Waals surface area contributed by atoms with Crippen LogP contribution in [-0.4, -0.2) is 14.2 Å². The highest BCUT2D eigenvalue weighted by Gasteiger charge is 2.10. The molecular weight excluding hydrogens is 190 g/mol. The number of nitrogens with one attached hydrogen (secondary N) is 1. The van der Waals surface area contributed by atoms with Crippen molar-refractivity contribution in [3.63, 3.8) is 0 Å². The molecule has 15 heavy (non-hydrogen) atoms. The van der Waals surface area contributed by atoms with Gasteiger partial charge in [0.25, 0.3) is 0 Å². The van der Waals surface area contributed by atoms with E-state index in [9.17, 15) is 0 Å². The Balaban J connectivity index is 2.64. The van der Waals surface area contributed by atoms with Crippen molar-refractivity contribution in [2.24, 2.45) is 0 Å². The Morgan fingerprint density at radius 3 is 2.87 bits per heavy atom. The van der Waals surface area contributed by atoms with Crippen LogP contribution in [0, 0.1) is 6.92 Å². The first-order valence-electron chi connectivity index (χ1n) is 4.95. The number of ether oxygens (including phenoxy) is 1. The molecule has 0 spiro atoms. The SMILES string of the molecule is CNCc1coc2c(OC)cc(C)cc12. The van der Waals surface area contributed by atoms with Gasteiger partial charge in [0, 0.05) is 17.5 Å². The van der Waals surface area contributed by atoms with E-state index < -0.39 is 0 Å². The first-order chi connectivity index (χ1) is 7.26. The normalized spacial score (nSPS) is 10.9. The molecule has 0 aliphatic carbocycles. The van der Waals surface area contributed by atoms with Crippen molar-refractivity contribution in [2.45, 2.75) is 13.5 Å². The van der Waals surface area contributed by atoms with E-state index in [2.05, 4.69) is 18.3 Å². The molecule has 0 fully saturated rings. The van der Waals surface area contributed by atoms with Gasteiger partial charge in [-0.25, -0.2) is 0 Å². The molecular formula is C12H15NO2. The number of methoxy groups -OCH3 is 1. The maximum absolute atomic E-state index is 5.51. The lowest BCUT2D eigenvalue weighted by atomic mass is 10.1. The summed E-state index contributed by atoms with van der Waals surface area (Å²) in [6.07, 6.45) is 1.78. The zero-order valence-corrected chi connectivity index (χ0v) is 9.26. The monoisotopic (exact) mass is 205 g/mol. The van der Waals surface area contributed by atoms with Gasteiger partial charge in [-0.15, -0.1) is 0 Å².